The number of hydrogen-bond acceptors (Lipinski definition) is 6. The maximum Gasteiger partial charge on any atom is 0.410 e. The van der Waals surface area contributed by atoms with Crippen molar-refractivity contribution in [3.8, 4) is 0 Å². The van der Waals surface area contributed by atoms with Gasteiger partial charge in [0.15, 0.2) is 0 Å². The highest BCUT2D eigenvalue weighted by atomic mass is 79.9. The van der Waals surface area contributed by atoms with E-state index in [4.69, 9.17) is 9.47 Å². The third-order valence-electron chi connectivity index (χ3n) is 9.94. The monoisotopic (exact) mass is 754 g/mol. The highest BCUT2D eigenvalue weighted by Crippen LogP contribution is 2.37. The van der Waals surface area contributed by atoms with Gasteiger partial charge in [-0.05, 0) is 141 Å². The number of nitrogens with zero attached hydrogens (tertiary/aromatic N) is 4. The number of benzene rings is 2. The molecule has 8 nitrogen and oxygen atoms in total. The summed E-state index contributed by atoms with van der Waals surface area (Å²) in [4.78, 5) is 34.1. The molecule has 0 radical (unpaired) electrons. The van der Waals surface area contributed by atoms with E-state index >= 15 is 0 Å². The Labute approximate surface area is 311 Å². The van der Waals surface area contributed by atoms with Crippen LogP contribution >= 0.6 is 15.9 Å². The lowest BCUT2D eigenvalue weighted by molar-refractivity contribution is 0.00276. The van der Waals surface area contributed by atoms with E-state index in [1.54, 1.807) is 0 Å². The number of carbonyl (C=O) groups excluding carboxylic acids is 2. The average Bonchev–Trinajstić information content (AvgIpc) is 3.03. The lowest BCUT2D eigenvalue weighted by Crippen LogP contribution is -2.44. The molecule has 9 heteroatoms. The van der Waals surface area contributed by atoms with Gasteiger partial charge in [0.25, 0.3) is 0 Å². The summed E-state index contributed by atoms with van der Waals surface area (Å²) in [6, 6.07) is 17.9. The summed E-state index contributed by atoms with van der Waals surface area (Å²) in [5.41, 5.74) is 2.75. The zero-order valence-electron chi connectivity index (χ0n) is 32.4. The van der Waals surface area contributed by atoms with Crippen LogP contribution in [0, 0.1) is 11.8 Å². The predicted molar refractivity (Wildman–Crippen MR) is 208 cm³/mol. The second-order valence-electron chi connectivity index (χ2n) is 17.0. The molecule has 2 amide bonds. The lowest BCUT2D eigenvalue weighted by atomic mass is 9.90. The van der Waals surface area contributed by atoms with Gasteiger partial charge < -0.3 is 29.1 Å². The molecule has 3 fully saturated rings. The molecular formula is C41H63BrN4O4. The van der Waals surface area contributed by atoms with Crippen molar-refractivity contribution in [1.29, 1.82) is 0 Å². The zero-order chi connectivity index (χ0) is 36.8. The molecule has 3 aliphatic heterocycles. The molecule has 2 aromatic carbocycles. The summed E-state index contributed by atoms with van der Waals surface area (Å²) in [6.07, 6.45) is 6.25. The van der Waals surface area contributed by atoms with Crippen molar-refractivity contribution in [2.24, 2.45) is 11.8 Å². The summed E-state index contributed by atoms with van der Waals surface area (Å²) in [5.74, 6) is 1.02. The first kappa shape index (κ1) is 40.0. The van der Waals surface area contributed by atoms with Crippen LogP contribution in [0.15, 0.2) is 53.0 Å². The van der Waals surface area contributed by atoms with Crippen LogP contribution in [-0.2, 0) is 9.47 Å². The molecule has 4 atom stereocenters. The Morgan fingerprint density at radius 1 is 0.700 bits per heavy atom. The summed E-state index contributed by atoms with van der Waals surface area (Å²) in [6.45, 7) is 19.6. The minimum Gasteiger partial charge on any atom is -0.444 e. The molecule has 3 saturated heterocycles. The van der Waals surface area contributed by atoms with E-state index < -0.39 is 11.2 Å². The van der Waals surface area contributed by atoms with Crippen LogP contribution < -0.4 is 4.90 Å². The first-order valence-electron chi connectivity index (χ1n) is 18.7. The smallest absolute Gasteiger partial charge is 0.410 e. The van der Waals surface area contributed by atoms with Crippen LogP contribution in [0.4, 0.5) is 15.3 Å². The molecule has 0 aliphatic carbocycles. The third-order valence-corrected chi connectivity index (χ3v) is 10.4. The van der Waals surface area contributed by atoms with Crippen molar-refractivity contribution in [2.75, 3.05) is 45.2 Å². The quantitative estimate of drug-likeness (QED) is 0.310. The van der Waals surface area contributed by atoms with Gasteiger partial charge in [-0.1, -0.05) is 54.0 Å². The minimum absolute atomic E-state index is 0.0975. The SMILES string of the molecule is C[C@H]1CC[C@H](c2cccc(Br)c2)N(C(=O)OC(C)(C)C)C1.C[C@H]1CC[C@H](c2cccc(N3CCC(N(C)C)CC3)c2)N(C(=O)OC(C)(C)C)C1. The Morgan fingerprint density at radius 3 is 1.60 bits per heavy atom. The first-order chi connectivity index (χ1) is 23.4. The molecule has 50 heavy (non-hydrogen) atoms. The van der Waals surface area contributed by atoms with Crippen LogP contribution in [0.3, 0.4) is 0 Å². The molecule has 2 aromatic rings. The Morgan fingerprint density at radius 2 is 1.16 bits per heavy atom. The topological polar surface area (TPSA) is 65.6 Å². The molecule has 5 rings (SSSR count). The first-order valence-corrected chi connectivity index (χ1v) is 19.5. The normalized spacial score (nSPS) is 23.6. The van der Waals surface area contributed by atoms with Gasteiger partial charge in [0.2, 0.25) is 0 Å². The largest absolute Gasteiger partial charge is 0.444 e. The molecule has 0 spiro atoms. The Bertz CT molecular complexity index is 1410. The predicted octanol–water partition coefficient (Wildman–Crippen LogP) is 10.1. The number of rotatable bonds is 4. The van der Waals surface area contributed by atoms with E-state index in [1.807, 2.05) is 63.5 Å². The average molecular weight is 756 g/mol. The highest BCUT2D eigenvalue weighted by Gasteiger charge is 2.35. The maximum absolute atomic E-state index is 12.9. The van der Waals surface area contributed by atoms with Gasteiger partial charge in [0, 0.05) is 42.4 Å². The van der Waals surface area contributed by atoms with Crippen molar-refractivity contribution < 1.29 is 19.1 Å². The number of halogens is 1. The lowest BCUT2D eigenvalue weighted by Gasteiger charge is -2.40. The summed E-state index contributed by atoms with van der Waals surface area (Å²) < 4.78 is 12.4. The Hall–Kier alpha value is -2.78. The molecule has 3 aliphatic rings. The fourth-order valence-electron chi connectivity index (χ4n) is 7.33. The second-order valence-corrected chi connectivity index (χ2v) is 17.9. The Balaban J connectivity index is 0.000000237. The number of anilines is 1. The number of ether oxygens (including phenoxy) is 2. The summed E-state index contributed by atoms with van der Waals surface area (Å²) in [7, 11) is 4.35. The molecule has 3 heterocycles. The van der Waals surface area contributed by atoms with E-state index in [-0.39, 0.29) is 24.3 Å². The summed E-state index contributed by atoms with van der Waals surface area (Å²) in [5, 5.41) is 0. The van der Waals surface area contributed by atoms with Crippen molar-refractivity contribution in [3.63, 3.8) is 0 Å². The molecule has 0 unspecified atom stereocenters. The van der Waals surface area contributed by atoms with E-state index in [0.717, 1.165) is 56.3 Å². The number of likely N-dealkylation sites (tertiary alicyclic amines) is 2. The molecule has 278 valence electrons. The molecular weight excluding hydrogens is 692 g/mol. The second kappa shape index (κ2) is 17.2. The van der Waals surface area contributed by atoms with E-state index in [9.17, 15) is 9.59 Å². The number of hydrogen-bond donors (Lipinski definition) is 0. The molecule has 0 bridgehead atoms. The van der Waals surface area contributed by atoms with E-state index in [1.165, 1.54) is 29.7 Å². The van der Waals surface area contributed by atoms with E-state index in [2.05, 4.69) is 90.1 Å². The molecule has 0 aromatic heterocycles. The van der Waals surface area contributed by atoms with Crippen molar-refractivity contribution in [3.05, 3.63) is 64.1 Å². The number of piperidine rings is 3. The van der Waals surface area contributed by atoms with Gasteiger partial charge in [0.1, 0.15) is 11.2 Å². The van der Waals surface area contributed by atoms with Gasteiger partial charge >= 0.3 is 12.2 Å². The van der Waals surface area contributed by atoms with E-state index in [0.29, 0.717) is 17.9 Å². The Kier molecular flexibility index (Phi) is 13.7. The zero-order valence-corrected chi connectivity index (χ0v) is 34.0. The van der Waals surface area contributed by atoms with Crippen LogP contribution in [0.2, 0.25) is 0 Å². The van der Waals surface area contributed by atoms with Gasteiger partial charge in [-0.25, -0.2) is 9.59 Å². The van der Waals surface area contributed by atoms with Crippen molar-refractivity contribution >= 4 is 33.8 Å². The number of amides is 2. The number of carbonyl (C=O) groups is 2. The van der Waals surface area contributed by atoms with Crippen molar-refractivity contribution in [2.45, 2.75) is 123 Å². The third kappa shape index (κ3) is 11.6. The molecule has 0 saturated carbocycles. The minimum atomic E-state index is -0.471. The molecule has 0 N–H and O–H groups in total. The van der Waals surface area contributed by atoms with Gasteiger partial charge in [-0.15, -0.1) is 0 Å². The maximum atomic E-state index is 12.9. The fourth-order valence-corrected chi connectivity index (χ4v) is 7.74. The van der Waals surface area contributed by atoms with Gasteiger partial charge in [-0.3, -0.25) is 0 Å². The highest BCUT2D eigenvalue weighted by molar-refractivity contribution is 9.10. The fraction of sp³-hybridized carbons (Fsp3) is 0.659. The van der Waals surface area contributed by atoms with Crippen molar-refractivity contribution in [1.82, 2.24) is 14.7 Å². The van der Waals surface area contributed by atoms with Crippen LogP contribution in [0.5, 0.6) is 0 Å². The standard InChI is InChI=1S/C24H39N3O2.C17H24BrNO2/c1-18-10-11-22(27(17-18)23(28)29-24(2,3)4)19-8-7-9-21(16-19)26-14-12-20(13-15-26)25(5)6;1-12-8-9-15(13-6-5-7-14(18)10-13)19(11-12)16(20)21-17(2,3)4/h7-9,16,18,20,22H,10-15,17H2,1-6H3;5-7,10,12,15H,8-9,11H2,1-4H3/t18-,22+;12-,15+/m00/s1. The van der Waals surface area contributed by atoms with Gasteiger partial charge in [0.05, 0.1) is 12.1 Å². The van der Waals surface area contributed by atoms with Crippen LogP contribution in [-0.4, -0.2) is 84.4 Å². The van der Waals surface area contributed by atoms with Crippen LogP contribution in [0.25, 0.3) is 0 Å². The van der Waals surface area contributed by atoms with Crippen LogP contribution in [0.1, 0.15) is 117 Å². The summed E-state index contributed by atoms with van der Waals surface area (Å²) >= 11 is 3.51. The van der Waals surface area contributed by atoms with Gasteiger partial charge in [-0.2, -0.15) is 0 Å².